The van der Waals surface area contributed by atoms with Gasteiger partial charge in [0.1, 0.15) is 6.04 Å². The molecule has 0 aromatic heterocycles. The highest BCUT2D eigenvalue weighted by Crippen LogP contribution is 2.65. The highest BCUT2D eigenvalue weighted by Gasteiger charge is 2.69. The third-order valence-corrected chi connectivity index (χ3v) is 7.30. The van der Waals surface area contributed by atoms with Crippen molar-refractivity contribution in [3.05, 3.63) is 0 Å². The van der Waals surface area contributed by atoms with Crippen molar-refractivity contribution in [3.8, 4) is 0 Å². The second-order valence-corrected chi connectivity index (χ2v) is 10.9. The van der Waals surface area contributed by atoms with Crippen molar-refractivity contribution in [2.24, 2.45) is 34.3 Å². The van der Waals surface area contributed by atoms with Crippen molar-refractivity contribution in [1.82, 2.24) is 15.5 Å². The third-order valence-electron chi connectivity index (χ3n) is 7.30. The van der Waals surface area contributed by atoms with Crippen molar-refractivity contribution in [2.75, 3.05) is 13.6 Å². The molecule has 2 saturated carbocycles. The summed E-state index contributed by atoms with van der Waals surface area (Å²) in [6, 6.07) is -1.98. The largest absolute Gasteiger partial charge is 0.363 e. The Hall–Kier alpha value is -1.96. The van der Waals surface area contributed by atoms with E-state index in [4.69, 9.17) is 5.73 Å². The van der Waals surface area contributed by atoms with Gasteiger partial charge in [-0.2, -0.15) is 0 Å². The van der Waals surface area contributed by atoms with Crippen LogP contribution in [0.15, 0.2) is 0 Å². The number of hydrogen-bond donors (Lipinski definition) is 3. The summed E-state index contributed by atoms with van der Waals surface area (Å²) in [5.74, 6) is -1.63. The summed E-state index contributed by atoms with van der Waals surface area (Å²) in [5.41, 5.74) is 4.86. The van der Waals surface area contributed by atoms with E-state index in [1.54, 1.807) is 11.9 Å². The van der Waals surface area contributed by atoms with Crippen molar-refractivity contribution in [2.45, 2.75) is 72.0 Å². The average Bonchev–Trinajstić information content (AvgIpc) is 3.46. The lowest BCUT2D eigenvalue weighted by Crippen LogP contribution is -2.59. The maximum absolute atomic E-state index is 13.4. The van der Waals surface area contributed by atoms with Gasteiger partial charge in [0.2, 0.25) is 17.6 Å². The van der Waals surface area contributed by atoms with Crippen molar-refractivity contribution < 1.29 is 19.2 Å². The van der Waals surface area contributed by atoms with Gasteiger partial charge in [-0.05, 0) is 42.1 Å². The Morgan fingerprint density at radius 3 is 2.23 bits per heavy atom. The summed E-state index contributed by atoms with van der Waals surface area (Å²) >= 11 is 0. The number of carbonyl (C=O) groups excluding carboxylic acids is 4. The number of likely N-dealkylation sites (N-methyl/N-ethyl adjacent to an activating group) is 1. The number of hydrogen-bond acceptors (Lipinski definition) is 5. The van der Waals surface area contributed by atoms with E-state index in [1.165, 1.54) is 0 Å². The Bertz CT molecular complexity index is 753. The number of fused-ring (bicyclic) bond motifs is 1. The van der Waals surface area contributed by atoms with Crippen molar-refractivity contribution >= 4 is 23.5 Å². The number of likely N-dealkylation sites (tertiary alicyclic amines) is 1. The molecule has 168 valence electrons. The van der Waals surface area contributed by atoms with E-state index in [2.05, 4.69) is 24.5 Å². The van der Waals surface area contributed by atoms with Gasteiger partial charge in [-0.1, -0.05) is 47.5 Å². The third kappa shape index (κ3) is 4.11. The second-order valence-electron chi connectivity index (χ2n) is 10.9. The lowest BCUT2D eigenvalue weighted by atomic mass is 9.85. The molecular weight excluding hydrogens is 384 g/mol. The van der Waals surface area contributed by atoms with Crippen molar-refractivity contribution in [1.29, 1.82) is 0 Å². The van der Waals surface area contributed by atoms with Crippen LogP contribution in [-0.2, 0) is 19.2 Å². The summed E-state index contributed by atoms with van der Waals surface area (Å²) in [6.07, 6.45) is 2.39. The Labute approximate surface area is 178 Å². The van der Waals surface area contributed by atoms with E-state index < -0.39 is 29.8 Å². The molecule has 3 aliphatic rings. The minimum absolute atomic E-state index is 0.0324. The molecular formula is C22H36N4O4. The zero-order valence-electron chi connectivity index (χ0n) is 19.0. The molecule has 0 radical (unpaired) electrons. The molecule has 30 heavy (non-hydrogen) atoms. The van der Waals surface area contributed by atoms with Crippen LogP contribution >= 0.6 is 0 Å². The Morgan fingerprint density at radius 2 is 1.77 bits per heavy atom. The van der Waals surface area contributed by atoms with Gasteiger partial charge in [0.25, 0.3) is 5.91 Å². The van der Waals surface area contributed by atoms with E-state index in [9.17, 15) is 19.2 Å². The number of amides is 3. The van der Waals surface area contributed by atoms with Crippen LogP contribution in [0.1, 0.15) is 53.9 Å². The molecule has 0 aromatic carbocycles. The topological polar surface area (TPSA) is 122 Å². The molecule has 1 unspecified atom stereocenters. The molecule has 0 bridgehead atoms. The zero-order chi connectivity index (χ0) is 22.6. The maximum Gasteiger partial charge on any atom is 0.287 e. The van der Waals surface area contributed by atoms with Crippen molar-refractivity contribution in [3.63, 3.8) is 0 Å². The molecule has 8 heteroatoms. The minimum atomic E-state index is -1.03. The van der Waals surface area contributed by atoms with Crippen LogP contribution in [-0.4, -0.2) is 60.1 Å². The second kappa shape index (κ2) is 7.62. The van der Waals surface area contributed by atoms with Crippen LogP contribution in [0.3, 0.4) is 0 Å². The van der Waals surface area contributed by atoms with Crippen LogP contribution in [0.4, 0.5) is 0 Å². The van der Waals surface area contributed by atoms with E-state index >= 15 is 0 Å². The summed E-state index contributed by atoms with van der Waals surface area (Å²) in [6.45, 7) is 10.7. The monoisotopic (exact) mass is 420 g/mol. The quantitative estimate of drug-likeness (QED) is 0.492. The fourth-order valence-corrected chi connectivity index (χ4v) is 5.25. The van der Waals surface area contributed by atoms with E-state index in [0.29, 0.717) is 18.9 Å². The lowest BCUT2D eigenvalue weighted by molar-refractivity contribution is -0.145. The number of nitrogens with zero attached hydrogens (tertiary/aromatic N) is 1. The number of ketones is 1. The van der Waals surface area contributed by atoms with Crippen LogP contribution in [0.25, 0.3) is 0 Å². The smallest absolute Gasteiger partial charge is 0.287 e. The van der Waals surface area contributed by atoms with Crippen LogP contribution in [0.5, 0.6) is 0 Å². The first-order valence-corrected chi connectivity index (χ1v) is 10.9. The van der Waals surface area contributed by atoms with Gasteiger partial charge >= 0.3 is 0 Å². The predicted octanol–water partition coefficient (Wildman–Crippen LogP) is 0.443. The highest BCUT2D eigenvalue weighted by atomic mass is 16.2. The molecule has 2 aliphatic carbocycles. The number of primary amides is 1. The van der Waals surface area contributed by atoms with Gasteiger partial charge in [0.05, 0.1) is 12.1 Å². The summed E-state index contributed by atoms with van der Waals surface area (Å²) < 4.78 is 0. The van der Waals surface area contributed by atoms with E-state index in [-0.39, 0.29) is 34.5 Å². The van der Waals surface area contributed by atoms with Gasteiger partial charge in [0, 0.05) is 6.54 Å². The minimum Gasteiger partial charge on any atom is -0.363 e. The fraction of sp³-hybridized carbons (Fsp3) is 0.818. The molecule has 4 N–H and O–H groups in total. The van der Waals surface area contributed by atoms with Gasteiger partial charge in [-0.3, -0.25) is 19.2 Å². The molecule has 1 aliphatic heterocycles. The molecule has 1 heterocycles. The summed E-state index contributed by atoms with van der Waals surface area (Å²) in [7, 11) is 1.75. The number of Topliss-reactive ketones (excluding diaryl/α,β-unsaturated/α-hetero) is 1. The number of carbonyl (C=O) groups is 4. The first-order chi connectivity index (χ1) is 13.8. The SMILES string of the molecule is CN[C@H](C(=O)N1C[C@H]2[C@@H]([C@H]1C(=O)NC(CC1CC1)C(=O)C(N)=O)C2(C)C)C(C)(C)C. The Morgan fingerprint density at radius 1 is 1.17 bits per heavy atom. The highest BCUT2D eigenvalue weighted by molar-refractivity contribution is 6.37. The van der Waals surface area contributed by atoms with Gasteiger partial charge in [-0.25, -0.2) is 0 Å². The van der Waals surface area contributed by atoms with Gasteiger partial charge < -0.3 is 21.3 Å². The molecule has 3 amide bonds. The molecule has 0 aromatic rings. The summed E-state index contributed by atoms with van der Waals surface area (Å²) in [4.78, 5) is 52.2. The molecule has 1 saturated heterocycles. The van der Waals surface area contributed by atoms with Gasteiger partial charge in [-0.15, -0.1) is 0 Å². The van der Waals surface area contributed by atoms with Crippen LogP contribution in [0, 0.1) is 28.6 Å². The first-order valence-electron chi connectivity index (χ1n) is 10.9. The maximum atomic E-state index is 13.4. The number of piperidine rings is 1. The lowest BCUT2D eigenvalue weighted by Gasteiger charge is -2.37. The van der Waals surface area contributed by atoms with E-state index in [0.717, 1.165) is 12.8 Å². The zero-order valence-corrected chi connectivity index (χ0v) is 19.0. The number of nitrogens with two attached hydrogens (primary N) is 1. The van der Waals surface area contributed by atoms with E-state index in [1.807, 2.05) is 20.8 Å². The average molecular weight is 421 g/mol. The van der Waals surface area contributed by atoms with Crippen LogP contribution < -0.4 is 16.4 Å². The molecule has 3 rings (SSSR count). The standard InChI is InChI=1S/C22H36N4O4/c1-21(2,3)17(24-6)20(30)26-10-12-14(22(12,4)5)15(26)19(29)25-13(9-11-7-8-11)16(27)18(23)28/h11-15,17,24H,7-10H2,1-6H3,(H2,23,28)(H,25,29)/t12-,13?,14-,15-,17+/m0/s1. The predicted molar refractivity (Wildman–Crippen MR) is 112 cm³/mol. The molecule has 8 nitrogen and oxygen atoms in total. The fourth-order valence-electron chi connectivity index (χ4n) is 5.25. The number of rotatable bonds is 8. The Balaban J connectivity index is 1.81. The first kappa shape index (κ1) is 22.7. The van der Waals surface area contributed by atoms with Crippen LogP contribution in [0.2, 0.25) is 0 Å². The van der Waals surface area contributed by atoms with Gasteiger partial charge in [0.15, 0.2) is 0 Å². The number of nitrogens with one attached hydrogen (secondary N) is 2. The molecule has 0 spiro atoms. The normalized spacial score (nSPS) is 29.0. The summed E-state index contributed by atoms with van der Waals surface area (Å²) in [5, 5.41) is 5.88. The Kier molecular flexibility index (Phi) is 5.77. The molecule has 5 atom stereocenters. The molecule has 3 fully saturated rings.